The van der Waals surface area contributed by atoms with E-state index in [-0.39, 0.29) is 0 Å². The van der Waals surface area contributed by atoms with E-state index in [1.165, 1.54) is 0 Å². The van der Waals surface area contributed by atoms with Gasteiger partial charge in [-0.3, -0.25) is 4.98 Å². The smallest absolute Gasteiger partial charge is 0.103 e. The molecule has 21 heavy (non-hydrogen) atoms. The number of hydrogen-bond acceptors (Lipinski definition) is 4. The number of halogens is 1. The number of nitrogen functional groups attached to an aromatic ring is 1. The lowest BCUT2D eigenvalue weighted by Crippen LogP contribution is -1.97. The predicted molar refractivity (Wildman–Crippen MR) is 88.3 cm³/mol. The van der Waals surface area contributed by atoms with Crippen molar-refractivity contribution in [2.45, 2.75) is 0 Å². The molecule has 0 saturated heterocycles. The average molecular weight is 339 g/mol. The van der Waals surface area contributed by atoms with Gasteiger partial charge in [0, 0.05) is 27.4 Å². The molecule has 1 aromatic heterocycles. The topological polar surface area (TPSA) is 74.7 Å². The van der Waals surface area contributed by atoms with E-state index in [0.29, 0.717) is 16.9 Å². The molecule has 5 heteroatoms. The summed E-state index contributed by atoms with van der Waals surface area (Å²) >= 11 is 3.44. The zero-order valence-electron chi connectivity index (χ0n) is 11.0. The highest BCUT2D eigenvalue weighted by Gasteiger charge is 2.09. The maximum Gasteiger partial charge on any atom is 0.103 e. The zero-order chi connectivity index (χ0) is 14.8. The molecule has 3 N–H and O–H groups in total. The van der Waals surface area contributed by atoms with Crippen LogP contribution in [0.2, 0.25) is 0 Å². The van der Waals surface area contributed by atoms with E-state index in [4.69, 9.17) is 5.73 Å². The molecule has 1 heterocycles. The Kier molecular flexibility index (Phi) is 3.46. The Morgan fingerprint density at radius 2 is 2.05 bits per heavy atom. The van der Waals surface area contributed by atoms with Crippen LogP contribution >= 0.6 is 15.9 Å². The SMILES string of the molecule is N#Cc1cnc2ccc(N)cc2c1Nc1cccc(Br)c1. The summed E-state index contributed by atoms with van der Waals surface area (Å²) in [5.74, 6) is 0. The molecule has 0 spiro atoms. The molecule has 0 unspecified atom stereocenters. The number of nitriles is 1. The third-order valence-electron chi connectivity index (χ3n) is 3.11. The summed E-state index contributed by atoms with van der Waals surface area (Å²) in [6.45, 7) is 0. The van der Waals surface area contributed by atoms with Crippen LogP contribution in [0.5, 0.6) is 0 Å². The van der Waals surface area contributed by atoms with Gasteiger partial charge in [-0.05, 0) is 36.4 Å². The monoisotopic (exact) mass is 338 g/mol. The van der Waals surface area contributed by atoms with Gasteiger partial charge in [-0.25, -0.2) is 0 Å². The zero-order valence-corrected chi connectivity index (χ0v) is 12.6. The van der Waals surface area contributed by atoms with Crippen LogP contribution in [0.3, 0.4) is 0 Å². The van der Waals surface area contributed by atoms with Crippen LogP contribution in [-0.2, 0) is 0 Å². The Morgan fingerprint density at radius 1 is 1.19 bits per heavy atom. The number of aromatic nitrogens is 1. The van der Waals surface area contributed by atoms with Crippen molar-refractivity contribution in [3.05, 3.63) is 58.7 Å². The van der Waals surface area contributed by atoms with Crippen LogP contribution in [0.4, 0.5) is 17.1 Å². The highest BCUT2D eigenvalue weighted by molar-refractivity contribution is 9.10. The van der Waals surface area contributed by atoms with E-state index in [2.05, 4.69) is 32.3 Å². The van der Waals surface area contributed by atoms with E-state index in [0.717, 1.165) is 21.1 Å². The van der Waals surface area contributed by atoms with Crippen molar-refractivity contribution in [1.82, 2.24) is 4.98 Å². The fourth-order valence-electron chi connectivity index (χ4n) is 2.14. The Morgan fingerprint density at radius 3 is 2.81 bits per heavy atom. The number of hydrogen-bond donors (Lipinski definition) is 2. The Balaban J connectivity index is 2.19. The first-order chi connectivity index (χ1) is 10.2. The third-order valence-corrected chi connectivity index (χ3v) is 3.60. The second-order valence-corrected chi connectivity index (χ2v) is 5.49. The van der Waals surface area contributed by atoms with Crippen molar-refractivity contribution in [2.75, 3.05) is 11.1 Å². The quantitative estimate of drug-likeness (QED) is 0.687. The first kappa shape index (κ1) is 13.4. The Hall–Kier alpha value is -2.58. The van der Waals surface area contributed by atoms with E-state index >= 15 is 0 Å². The van der Waals surface area contributed by atoms with E-state index in [1.807, 2.05) is 36.4 Å². The minimum Gasteiger partial charge on any atom is -0.399 e. The second-order valence-electron chi connectivity index (χ2n) is 4.57. The number of benzene rings is 2. The second kappa shape index (κ2) is 5.43. The number of nitrogens with one attached hydrogen (secondary N) is 1. The van der Waals surface area contributed by atoms with Gasteiger partial charge in [-0.15, -0.1) is 0 Å². The fraction of sp³-hybridized carbons (Fsp3) is 0. The lowest BCUT2D eigenvalue weighted by atomic mass is 10.1. The molecule has 0 amide bonds. The number of nitrogens with zero attached hydrogens (tertiary/aromatic N) is 2. The lowest BCUT2D eigenvalue weighted by Gasteiger charge is -2.12. The van der Waals surface area contributed by atoms with Crippen LogP contribution in [0.15, 0.2) is 53.1 Å². The summed E-state index contributed by atoms with van der Waals surface area (Å²) in [7, 11) is 0. The van der Waals surface area contributed by atoms with Crippen molar-refractivity contribution >= 4 is 43.9 Å². The van der Waals surface area contributed by atoms with Gasteiger partial charge in [-0.2, -0.15) is 5.26 Å². The van der Waals surface area contributed by atoms with Crippen molar-refractivity contribution < 1.29 is 0 Å². The number of rotatable bonds is 2. The van der Waals surface area contributed by atoms with Gasteiger partial charge in [0.2, 0.25) is 0 Å². The highest BCUT2D eigenvalue weighted by atomic mass is 79.9. The molecule has 0 atom stereocenters. The van der Waals surface area contributed by atoms with Crippen molar-refractivity contribution in [3.63, 3.8) is 0 Å². The molecule has 0 aliphatic heterocycles. The molecule has 0 radical (unpaired) electrons. The maximum atomic E-state index is 9.31. The number of pyridine rings is 1. The number of nitrogens with two attached hydrogens (primary N) is 1. The number of anilines is 3. The molecule has 3 aromatic rings. The van der Waals surface area contributed by atoms with Gasteiger partial charge in [-0.1, -0.05) is 22.0 Å². The molecule has 4 nitrogen and oxygen atoms in total. The van der Waals surface area contributed by atoms with Crippen molar-refractivity contribution in [1.29, 1.82) is 5.26 Å². The molecule has 0 bridgehead atoms. The molecule has 0 aliphatic rings. The van der Waals surface area contributed by atoms with Gasteiger partial charge < -0.3 is 11.1 Å². The first-order valence-corrected chi connectivity index (χ1v) is 7.07. The van der Waals surface area contributed by atoms with Gasteiger partial charge >= 0.3 is 0 Å². The summed E-state index contributed by atoms with van der Waals surface area (Å²) in [5, 5.41) is 13.4. The summed E-state index contributed by atoms with van der Waals surface area (Å²) < 4.78 is 0.962. The molecular formula is C16H11BrN4. The third kappa shape index (κ3) is 2.67. The predicted octanol–water partition coefficient (Wildman–Crippen LogP) is 4.19. The summed E-state index contributed by atoms with van der Waals surface area (Å²) in [5.41, 5.74) is 9.36. The summed E-state index contributed by atoms with van der Waals surface area (Å²) in [4.78, 5) is 4.29. The van der Waals surface area contributed by atoms with E-state index in [1.54, 1.807) is 12.3 Å². The van der Waals surface area contributed by atoms with E-state index in [9.17, 15) is 5.26 Å². The summed E-state index contributed by atoms with van der Waals surface area (Å²) in [6, 6.07) is 15.4. The largest absolute Gasteiger partial charge is 0.399 e. The molecule has 0 aliphatic carbocycles. The molecule has 2 aromatic carbocycles. The minimum atomic E-state index is 0.480. The maximum absolute atomic E-state index is 9.31. The van der Waals surface area contributed by atoms with Gasteiger partial charge in [0.15, 0.2) is 0 Å². The van der Waals surface area contributed by atoms with Crippen LogP contribution < -0.4 is 11.1 Å². The average Bonchev–Trinajstić information content (AvgIpc) is 2.48. The minimum absolute atomic E-state index is 0.480. The Labute approximate surface area is 130 Å². The van der Waals surface area contributed by atoms with Crippen LogP contribution in [0.1, 0.15) is 5.56 Å². The van der Waals surface area contributed by atoms with Crippen LogP contribution in [0.25, 0.3) is 10.9 Å². The molecule has 102 valence electrons. The molecular weight excluding hydrogens is 328 g/mol. The molecule has 0 saturated carbocycles. The van der Waals surface area contributed by atoms with Crippen LogP contribution in [0, 0.1) is 11.3 Å². The number of fused-ring (bicyclic) bond motifs is 1. The van der Waals surface area contributed by atoms with Crippen LogP contribution in [-0.4, -0.2) is 4.98 Å². The van der Waals surface area contributed by atoms with Crippen molar-refractivity contribution in [2.24, 2.45) is 0 Å². The molecule has 3 rings (SSSR count). The first-order valence-electron chi connectivity index (χ1n) is 6.28. The normalized spacial score (nSPS) is 10.3. The summed E-state index contributed by atoms with van der Waals surface area (Å²) in [6.07, 6.45) is 1.57. The van der Waals surface area contributed by atoms with Gasteiger partial charge in [0.1, 0.15) is 6.07 Å². The van der Waals surface area contributed by atoms with Gasteiger partial charge in [0.05, 0.1) is 16.8 Å². The van der Waals surface area contributed by atoms with Crippen molar-refractivity contribution in [3.8, 4) is 6.07 Å². The molecule has 0 fully saturated rings. The van der Waals surface area contributed by atoms with Gasteiger partial charge in [0.25, 0.3) is 0 Å². The Bertz CT molecular complexity index is 868. The lowest BCUT2D eigenvalue weighted by molar-refractivity contribution is 1.36. The highest BCUT2D eigenvalue weighted by Crippen LogP contribution is 2.30. The standard InChI is InChI=1S/C16H11BrN4/c17-11-2-1-3-13(6-11)21-16-10(8-18)9-20-15-5-4-12(19)7-14(15)16/h1-7,9H,19H2,(H,20,21). The fourth-order valence-corrected chi connectivity index (χ4v) is 2.54. The van der Waals surface area contributed by atoms with E-state index < -0.39 is 0 Å².